The number of halogens is 3. The number of carbonyl (C=O) groups is 1. The van der Waals surface area contributed by atoms with E-state index in [0.717, 1.165) is 11.1 Å². The predicted molar refractivity (Wildman–Crippen MR) is 154 cm³/mol. The van der Waals surface area contributed by atoms with E-state index in [2.05, 4.69) is 42.1 Å². The first kappa shape index (κ1) is 27.0. The molecule has 1 aromatic heterocycles. The van der Waals surface area contributed by atoms with Crippen molar-refractivity contribution < 1.29 is 14.3 Å². The molecule has 1 amide bonds. The van der Waals surface area contributed by atoms with Crippen LogP contribution in [0.4, 0.5) is 11.6 Å². The van der Waals surface area contributed by atoms with Crippen molar-refractivity contribution in [3.05, 3.63) is 97.1 Å². The van der Waals surface area contributed by atoms with Gasteiger partial charge in [-0.25, -0.2) is 0 Å². The van der Waals surface area contributed by atoms with Crippen LogP contribution < -0.4 is 20.1 Å². The summed E-state index contributed by atoms with van der Waals surface area (Å²) in [5.41, 5.74) is 4.27. The molecule has 1 aliphatic heterocycles. The molecule has 1 unspecified atom stereocenters. The minimum absolute atomic E-state index is 0.192. The Bertz CT molecular complexity index is 1610. The second kappa shape index (κ2) is 11.3. The lowest BCUT2D eigenvalue weighted by Gasteiger charge is -2.28. The Morgan fingerprint density at radius 1 is 1.15 bits per heavy atom. The van der Waals surface area contributed by atoms with E-state index in [-0.39, 0.29) is 12.5 Å². The van der Waals surface area contributed by atoms with E-state index >= 15 is 0 Å². The molecule has 0 aliphatic carbocycles. The zero-order chi connectivity index (χ0) is 27.7. The molecule has 1 atom stereocenters. The molecule has 2 N–H and O–H groups in total. The standard InChI is InChI=1S/C27H23BrCl2N6O3/c1-14-5-4-6-19(9-14)32-26(37)23-15(2)31-27-33-34-35-36(27)24(23)17-10-20(28)25(22(11-17)38-3)39-13-16-7-8-18(29)12-21(16)30/h4-12,24H,13H2,1-3H3,(H,32,37)(H,31,33,35). The maximum atomic E-state index is 13.6. The van der Waals surface area contributed by atoms with Crippen molar-refractivity contribution in [3.8, 4) is 11.5 Å². The molecule has 39 heavy (non-hydrogen) atoms. The lowest BCUT2D eigenvalue weighted by molar-refractivity contribution is -0.113. The number of rotatable bonds is 7. The number of nitrogens with one attached hydrogen (secondary N) is 2. The molecular weight excluding hydrogens is 607 g/mol. The molecule has 9 nitrogen and oxygen atoms in total. The summed E-state index contributed by atoms with van der Waals surface area (Å²) in [6.45, 7) is 3.97. The molecule has 0 saturated carbocycles. The zero-order valence-corrected chi connectivity index (χ0v) is 24.2. The maximum Gasteiger partial charge on any atom is 0.255 e. The molecule has 1 aliphatic rings. The quantitative estimate of drug-likeness (QED) is 0.238. The Morgan fingerprint density at radius 2 is 1.97 bits per heavy atom. The Hall–Kier alpha value is -3.60. The number of ether oxygens (including phenoxy) is 2. The number of benzene rings is 3. The summed E-state index contributed by atoms with van der Waals surface area (Å²) >= 11 is 16.0. The van der Waals surface area contributed by atoms with E-state index in [1.165, 1.54) is 0 Å². The van der Waals surface area contributed by atoms with Gasteiger partial charge in [-0.15, -0.1) is 0 Å². The highest BCUT2D eigenvalue weighted by atomic mass is 79.9. The molecule has 4 aromatic rings. The highest BCUT2D eigenvalue weighted by Crippen LogP contribution is 2.43. The fourth-order valence-electron chi connectivity index (χ4n) is 4.36. The third kappa shape index (κ3) is 5.59. The first-order chi connectivity index (χ1) is 18.7. The summed E-state index contributed by atoms with van der Waals surface area (Å²) in [5.74, 6) is 1.06. The number of fused-ring (bicyclic) bond motifs is 1. The Labute approximate surface area is 243 Å². The Kier molecular flexibility index (Phi) is 7.79. The van der Waals surface area contributed by atoms with E-state index in [4.69, 9.17) is 32.7 Å². The average Bonchev–Trinajstić information content (AvgIpc) is 3.35. The molecule has 0 radical (unpaired) electrons. The van der Waals surface area contributed by atoms with Crippen LogP contribution in [0.2, 0.25) is 10.0 Å². The number of aryl methyl sites for hydroxylation is 1. The number of tetrazole rings is 1. The highest BCUT2D eigenvalue weighted by Gasteiger charge is 2.35. The van der Waals surface area contributed by atoms with Crippen LogP contribution in [0.15, 0.2) is 70.3 Å². The van der Waals surface area contributed by atoms with Crippen LogP contribution in [-0.2, 0) is 11.4 Å². The smallest absolute Gasteiger partial charge is 0.255 e. The second-order valence-electron chi connectivity index (χ2n) is 8.90. The van der Waals surface area contributed by atoms with Gasteiger partial charge in [0.2, 0.25) is 5.95 Å². The number of hydrogen-bond acceptors (Lipinski definition) is 7. The van der Waals surface area contributed by atoms with Gasteiger partial charge in [0.05, 0.1) is 17.2 Å². The fraction of sp³-hybridized carbons (Fsp3) is 0.185. The van der Waals surface area contributed by atoms with Crippen molar-refractivity contribution in [2.45, 2.75) is 26.5 Å². The highest BCUT2D eigenvalue weighted by molar-refractivity contribution is 9.10. The largest absolute Gasteiger partial charge is 0.493 e. The molecule has 3 aromatic carbocycles. The van der Waals surface area contributed by atoms with E-state index in [0.29, 0.717) is 54.5 Å². The number of carbonyl (C=O) groups excluding carboxylic acids is 1. The van der Waals surface area contributed by atoms with Crippen LogP contribution >= 0.6 is 39.1 Å². The van der Waals surface area contributed by atoms with E-state index in [1.807, 2.05) is 44.2 Å². The van der Waals surface area contributed by atoms with Crippen molar-refractivity contribution in [3.63, 3.8) is 0 Å². The van der Waals surface area contributed by atoms with Crippen molar-refractivity contribution >= 4 is 56.7 Å². The number of allylic oxidation sites excluding steroid dienone is 1. The first-order valence-electron chi connectivity index (χ1n) is 11.8. The van der Waals surface area contributed by atoms with Crippen LogP contribution in [0.25, 0.3) is 0 Å². The summed E-state index contributed by atoms with van der Waals surface area (Å²) < 4.78 is 14.0. The molecule has 200 valence electrons. The van der Waals surface area contributed by atoms with Crippen molar-refractivity contribution in [1.82, 2.24) is 20.2 Å². The van der Waals surface area contributed by atoms with Crippen LogP contribution in [0.5, 0.6) is 11.5 Å². The van der Waals surface area contributed by atoms with Crippen LogP contribution in [0.3, 0.4) is 0 Å². The van der Waals surface area contributed by atoms with Crippen molar-refractivity contribution in [2.75, 3.05) is 17.7 Å². The monoisotopic (exact) mass is 628 g/mol. The van der Waals surface area contributed by atoms with Crippen LogP contribution in [0.1, 0.15) is 29.7 Å². The van der Waals surface area contributed by atoms with Crippen molar-refractivity contribution in [1.29, 1.82) is 0 Å². The van der Waals surface area contributed by atoms with Gasteiger partial charge >= 0.3 is 0 Å². The number of aromatic nitrogens is 4. The summed E-state index contributed by atoms with van der Waals surface area (Å²) in [5, 5.41) is 19.2. The normalized spacial score (nSPS) is 14.5. The molecule has 0 spiro atoms. The van der Waals surface area contributed by atoms with Gasteiger partial charge in [0.15, 0.2) is 11.5 Å². The van der Waals surface area contributed by atoms with Gasteiger partial charge in [-0.2, -0.15) is 4.68 Å². The lowest BCUT2D eigenvalue weighted by atomic mass is 9.94. The summed E-state index contributed by atoms with van der Waals surface area (Å²) in [6.07, 6.45) is 0. The molecule has 0 bridgehead atoms. The Balaban J connectivity index is 1.51. The third-order valence-electron chi connectivity index (χ3n) is 6.19. The Morgan fingerprint density at radius 3 is 2.72 bits per heavy atom. The SMILES string of the molecule is COc1cc(C2C(C(=O)Nc3cccc(C)c3)=C(C)Nc3nnnn32)cc(Br)c1OCc1ccc(Cl)cc1Cl. The van der Waals surface area contributed by atoms with Gasteiger partial charge in [-0.1, -0.05) is 46.5 Å². The van der Waals surface area contributed by atoms with Crippen LogP contribution in [0, 0.1) is 6.92 Å². The maximum absolute atomic E-state index is 13.6. The molecule has 0 fully saturated rings. The van der Waals surface area contributed by atoms with Gasteiger partial charge in [-0.05, 0) is 87.7 Å². The van der Waals surface area contributed by atoms with Gasteiger partial charge in [0.1, 0.15) is 12.6 Å². The van der Waals surface area contributed by atoms with Crippen molar-refractivity contribution in [2.24, 2.45) is 0 Å². The summed E-state index contributed by atoms with van der Waals surface area (Å²) in [7, 11) is 1.55. The van der Waals surface area contributed by atoms with Crippen LogP contribution in [-0.4, -0.2) is 33.2 Å². The predicted octanol–water partition coefficient (Wildman–Crippen LogP) is 6.57. The molecule has 0 saturated heterocycles. The minimum atomic E-state index is -0.647. The first-order valence-corrected chi connectivity index (χ1v) is 13.4. The number of nitrogens with zero attached hydrogens (tertiary/aromatic N) is 4. The second-order valence-corrected chi connectivity index (χ2v) is 10.6. The lowest BCUT2D eigenvalue weighted by Crippen LogP contribution is -2.31. The minimum Gasteiger partial charge on any atom is -0.493 e. The topological polar surface area (TPSA) is 103 Å². The average molecular weight is 630 g/mol. The number of anilines is 2. The van der Waals surface area contributed by atoms with E-state index < -0.39 is 6.04 Å². The van der Waals surface area contributed by atoms with Gasteiger partial charge in [0.25, 0.3) is 5.91 Å². The van der Waals surface area contributed by atoms with E-state index in [1.54, 1.807) is 36.1 Å². The molecular formula is C27H23BrCl2N6O3. The third-order valence-corrected chi connectivity index (χ3v) is 7.37. The van der Waals surface area contributed by atoms with Gasteiger partial charge in [-0.3, -0.25) is 4.79 Å². The van der Waals surface area contributed by atoms with Gasteiger partial charge in [0, 0.05) is 27.0 Å². The number of methoxy groups -OCH3 is 1. The molecule has 5 rings (SSSR count). The number of amides is 1. The van der Waals surface area contributed by atoms with E-state index in [9.17, 15) is 4.79 Å². The van der Waals surface area contributed by atoms with Gasteiger partial charge < -0.3 is 20.1 Å². The number of hydrogen-bond donors (Lipinski definition) is 2. The zero-order valence-electron chi connectivity index (χ0n) is 21.1. The summed E-state index contributed by atoms with van der Waals surface area (Å²) in [6, 6.07) is 15.8. The summed E-state index contributed by atoms with van der Waals surface area (Å²) in [4.78, 5) is 13.6. The molecule has 2 heterocycles. The fourth-order valence-corrected chi connectivity index (χ4v) is 5.40. The molecule has 12 heteroatoms.